The number of aromatic nitrogens is 2. The van der Waals surface area contributed by atoms with Gasteiger partial charge in [0.25, 0.3) is 0 Å². The Morgan fingerprint density at radius 2 is 1.96 bits per heavy atom. The quantitative estimate of drug-likeness (QED) is 0.865. The number of piperidine rings is 1. The third-order valence-corrected chi connectivity index (χ3v) is 5.83. The molecule has 0 radical (unpaired) electrons. The molecule has 2 bridgehead atoms. The fraction of sp³-hybridized carbons (Fsp3) is 0.571. The van der Waals surface area contributed by atoms with Gasteiger partial charge in [0.05, 0.1) is 18.6 Å². The van der Waals surface area contributed by atoms with Crippen molar-refractivity contribution < 1.29 is 4.74 Å². The fourth-order valence-corrected chi connectivity index (χ4v) is 4.45. The van der Waals surface area contributed by atoms with E-state index in [9.17, 15) is 0 Å². The number of hydrogen-bond acceptors (Lipinski definition) is 4. The minimum Gasteiger partial charge on any atom is -0.494 e. The smallest absolute Gasteiger partial charge is 0.119 e. The second kappa shape index (κ2) is 7.80. The maximum atomic E-state index is 5.57. The predicted molar refractivity (Wildman–Crippen MR) is 103 cm³/mol. The lowest BCUT2D eigenvalue weighted by Gasteiger charge is -2.36. The highest BCUT2D eigenvalue weighted by Crippen LogP contribution is 2.30. The number of hydrogen-bond donors (Lipinski definition) is 1. The van der Waals surface area contributed by atoms with E-state index < -0.39 is 0 Å². The minimum absolute atomic E-state index is 0.652. The first-order valence-corrected chi connectivity index (χ1v) is 9.88. The van der Waals surface area contributed by atoms with Gasteiger partial charge in [-0.3, -0.25) is 9.80 Å². The van der Waals surface area contributed by atoms with Gasteiger partial charge in [-0.2, -0.15) is 0 Å². The van der Waals surface area contributed by atoms with Crippen LogP contribution in [0, 0.1) is 12.8 Å². The van der Waals surface area contributed by atoms with Crippen LogP contribution in [0.4, 0.5) is 0 Å². The molecule has 2 atom stereocenters. The first-order valence-electron chi connectivity index (χ1n) is 9.88. The standard InChI is InChI=1S/C21H30N4O/c1-3-26-20-8-5-17(6-9-20)11-25-12-18-4-7-19(25)13-24(10-18)14-21-16(2)22-15-23-21/h5-6,8-9,15,18-19H,3-4,7,10-14H2,1-2H3,(H,22,23)/t18-,19+/m0/s1. The van der Waals surface area contributed by atoms with Crippen LogP contribution in [0.2, 0.25) is 0 Å². The summed E-state index contributed by atoms with van der Waals surface area (Å²) in [4.78, 5) is 13.0. The molecule has 2 aromatic rings. The zero-order chi connectivity index (χ0) is 17.9. The Labute approximate surface area is 156 Å². The molecule has 0 saturated carbocycles. The number of imidazole rings is 1. The summed E-state index contributed by atoms with van der Waals surface area (Å²) < 4.78 is 5.57. The van der Waals surface area contributed by atoms with E-state index >= 15 is 0 Å². The molecular formula is C21H30N4O. The lowest BCUT2D eigenvalue weighted by atomic mass is 9.94. The van der Waals surface area contributed by atoms with Crippen LogP contribution in [0.25, 0.3) is 0 Å². The van der Waals surface area contributed by atoms with Gasteiger partial charge in [-0.15, -0.1) is 0 Å². The molecule has 1 aromatic carbocycles. The number of fused-ring (bicyclic) bond motifs is 4. The average Bonchev–Trinajstić information content (AvgIpc) is 2.85. The molecule has 5 rings (SSSR count). The average molecular weight is 354 g/mol. The molecule has 1 N–H and O–H groups in total. The van der Waals surface area contributed by atoms with Crippen molar-refractivity contribution in [1.29, 1.82) is 0 Å². The Bertz CT molecular complexity index is 711. The van der Waals surface area contributed by atoms with Crippen LogP contribution in [-0.2, 0) is 13.1 Å². The van der Waals surface area contributed by atoms with Gasteiger partial charge in [0.2, 0.25) is 0 Å². The molecule has 0 spiro atoms. The highest BCUT2D eigenvalue weighted by atomic mass is 16.5. The number of aromatic amines is 1. The molecule has 4 heterocycles. The van der Waals surface area contributed by atoms with Crippen LogP contribution >= 0.6 is 0 Å². The van der Waals surface area contributed by atoms with E-state index in [0.717, 1.165) is 37.9 Å². The van der Waals surface area contributed by atoms with Crippen molar-refractivity contribution in [2.75, 3.05) is 26.2 Å². The molecule has 5 nitrogen and oxygen atoms in total. The highest BCUT2D eigenvalue weighted by molar-refractivity contribution is 5.27. The van der Waals surface area contributed by atoms with Crippen molar-refractivity contribution in [2.45, 2.75) is 45.8 Å². The SMILES string of the molecule is CCOc1ccc(CN2C[C@H]3CC[C@@H]2CN(Cc2nc[nH]c2C)C3)cc1. The van der Waals surface area contributed by atoms with E-state index in [4.69, 9.17) is 4.74 Å². The second-order valence-electron chi connectivity index (χ2n) is 7.77. The van der Waals surface area contributed by atoms with Gasteiger partial charge in [-0.05, 0) is 50.3 Å². The van der Waals surface area contributed by atoms with E-state index in [2.05, 4.69) is 51.0 Å². The van der Waals surface area contributed by atoms with Crippen molar-refractivity contribution >= 4 is 0 Å². The molecule has 3 aliphatic rings. The summed E-state index contributed by atoms with van der Waals surface area (Å²) >= 11 is 0. The fourth-order valence-electron chi connectivity index (χ4n) is 4.45. The normalized spacial score (nSPS) is 23.9. The number of aryl methyl sites for hydroxylation is 1. The number of rotatable bonds is 6. The summed E-state index contributed by atoms with van der Waals surface area (Å²) in [6.07, 6.45) is 4.49. The molecule has 5 heteroatoms. The number of nitrogens with one attached hydrogen (secondary N) is 1. The largest absolute Gasteiger partial charge is 0.494 e. The summed E-state index contributed by atoms with van der Waals surface area (Å²) in [5.41, 5.74) is 3.79. The van der Waals surface area contributed by atoms with E-state index in [1.165, 1.54) is 42.9 Å². The van der Waals surface area contributed by atoms with E-state index in [1.54, 1.807) is 0 Å². The number of H-pyrrole nitrogens is 1. The number of ether oxygens (including phenoxy) is 1. The van der Waals surface area contributed by atoms with Crippen LogP contribution in [-0.4, -0.2) is 52.1 Å². The Morgan fingerprint density at radius 3 is 2.69 bits per heavy atom. The summed E-state index contributed by atoms with van der Waals surface area (Å²) in [6, 6.07) is 9.28. The summed E-state index contributed by atoms with van der Waals surface area (Å²) in [5, 5.41) is 0. The van der Waals surface area contributed by atoms with E-state index in [1.807, 2.05) is 13.3 Å². The molecule has 26 heavy (non-hydrogen) atoms. The Kier molecular flexibility index (Phi) is 5.27. The summed E-state index contributed by atoms with van der Waals surface area (Å²) in [7, 11) is 0. The van der Waals surface area contributed by atoms with Crippen LogP contribution in [0.5, 0.6) is 5.75 Å². The predicted octanol–water partition coefficient (Wildman–Crippen LogP) is 3.21. The summed E-state index contributed by atoms with van der Waals surface area (Å²) in [5.74, 6) is 1.74. The van der Waals surface area contributed by atoms with Crippen LogP contribution in [0.1, 0.15) is 36.7 Å². The molecule has 140 valence electrons. The maximum Gasteiger partial charge on any atom is 0.119 e. The second-order valence-corrected chi connectivity index (χ2v) is 7.77. The van der Waals surface area contributed by atoms with Gasteiger partial charge in [-0.1, -0.05) is 12.1 Å². The number of nitrogens with zero attached hydrogens (tertiary/aromatic N) is 3. The molecule has 0 amide bonds. The zero-order valence-electron chi connectivity index (χ0n) is 15.9. The third-order valence-electron chi connectivity index (χ3n) is 5.83. The number of benzene rings is 1. The topological polar surface area (TPSA) is 44.4 Å². The maximum absolute atomic E-state index is 5.57. The Morgan fingerprint density at radius 1 is 1.12 bits per heavy atom. The van der Waals surface area contributed by atoms with Crippen molar-refractivity contribution in [3.8, 4) is 5.75 Å². The van der Waals surface area contributed by atoms with Gasteiger partial charge >= 0.3 is 0 Å². The monoisotopic (exact) mass is 354 g/mol. The molecule has 3 fully saturated rings. The Hall–Kier alpha value is -1.85. The van der Waals surface area contributed by atoms with Gasteiger partial charge in [0, 0.05) is 44.5 Å². The van der Waals surface area contributed by atoms with Gasteiger partial charge in [-0.25, -0.2) is 4.98 Å². The van der Waals surface area contributed by atoms with Crippen molar-refractivity contribution in [3.63, 3.8) is 0 Å². The highest BCUT2D eigenvalue weighted by Gasteiger charge is 2.34. The van der Waals surface area contributed by atoms with Gasteiger partial charge in [0.1, 0.15) is 5.75 Å². The zero-order valence-corrected chi connectivity index (χ0v) is 15.9. The van der Waals surface area contributed by atoms with E-state index in [0.29, 0.717) is 6.04 Å². The van der Waals surface area contributed by atoms with Crippen LogP contribution in [0.15, 0.2) is 30.6 Å². The first-order chi connectivity index (χ1) is 12.7. The molecule has 3 aliphatic heterocycles. The van der Waals surface area contributed by atoms with Crippen molar-refractivity contribution in [2.24, 2.45) is 5.92 Å². The first kappa shape index (κ1) is 17.6. The molecule has 0 unspecified atom stereocenters. The molecule has 0 aliphatic carbocycles. The Balaban J connectivity index is 1.40. The van der Waals surface area contributed by atoms with Gasteiger partial charge < -0.3 is 9.72 Å². The third kappa shape index (κ3) is 3.94. The van der Waals surface area contributed by atoms with Crippen molar-refractivity contribution in [3.05, 3.63) is 47.5 Å². The molecule has 3 saturated heterocycles. The molecule has 1 aromatic heterocycles. The molecular weight excluding hydrogens is 324 g/mol. The van der Waals surface area contributed by atoms with Gasteiger partial charge in [0.15, 0.2) is 0 Å². The van der Waals surface area contributed by atoms with Crippen molar-refractivity contribution in [1.82, 2.24) is 19.8 Å². The summed E-state index contributed by atoms with van der Waals surface area (Å²) in [6.45, 7) is 10.4. The van der Waals surface area contributed by atoms with E-state index in [-0.39, 0.29) is 0 Å². The lowest BCUT2D eigenvalue weighted by Crippen LogP contribution is -2.43. The lowest BCUT2D eigenvalue weighted by molar-refractivity contribution is 0.123. The van der Waals surface area contributed by atoms with Crippen LogP contribution in [0.3, 0.4) is 0 Å². The minimum atomic E-state index is 0.652. The van der Waals surface area contributed by atoms with Crippen LogP contribution < -0.4 is 4.74 Å².